The van der Waals surface area contributed by atoms with Crippen LogP contribution < -0.4 is 5.73 Å². The van der Waals surface area contributed by atoms with Crippen molar-refractivity contribution in [1.82, 2.24) is 9.80 Å². The van der Waals surface area contributed by atoms with Gasteiger partial charge in [0.15, 0.2) is 0 Å². The number of carbonyl (C=O) groups is 1. The molecule has 128 valence electrons. The number of rotatable bonds is 4. The van der Waals surface area contributed by atoms with Gasteiger partial charge >= 0.3 is 0 Å². The number of nitrogens with zero attached hydrogens (tertiary/aromatic N) is 2. The molecule has 0 aromatic carbocycles. The minimum atomic E-state index is -0.170. The summed E-state index contributed by atoms with van der Waals surface area (Å²) in [5.74, 6) is -0.252. The van der Waals surface area contributed by atoms with E-state index in [9.17, 15) is 4.79 Å². The molecule has 0 radical (unpaired) electrons. The third-order valence-corrected chi connectivity index (χ3v) is 6.09. The zero-order valence-electron chi connectivity index (χ0n) is 13.9. The van der Waals surface area contributed by atoms with E-state index in [-0.39, 0.29) is 11.8 Å². The maximum atomic E-state index is 11.9. The van der Waals surface area contributed by atoms with E-state index in [1.54, 1.807) is 11.3 Å². The van der Waals surface area contributed by atoms with E-state index < -0.39 is 0 Å². The third kappa shape index (κ3) is 4.32. The smallest absolute Gasteiger partial charge is 0.223 e. The van der Waals surface area contributed by atoms with Crippen LogP contribution in [0.1, 0.15) is 23.3 Å². The summed E-state index contributed by atoms with van der Waals surface area (Å²) in [6.07, 6.45) is 2.13. The van der Waals surface area contributed by atoms with Crippen LogP contribution in [0.15, 0.2) is 11.4 Å². The highest BCUT2D eigenvalue weighted by molar-refractivity contribution is 7.10. The van der Waals surface area contributed by atoms with Gasteiger partial charge in [0.05, 0.1) is 5.92 Å². The van der Waals surface area contributed by atoms with Crippen molar-refractivity contribution in [1.29, 1.82) is 0 Å². The SMILES string of the molecule is Cc1ccsc1CN1CCN(C2CCOCC2)C[C@H](C(N)=O)C1. The van der Waals surface area contributed by atoms with Crippen molar-refractivity contribution in [3.8, 4) is 0 Å². The van der Waals surface area contributed by atoms with Crippen molar-refractivity contribution >= 4 is 17.2 Å². The lowest BCUT2D eigenvalue weighted by molar-refractivity contribution is -0.122. The first kappa shape index (κ1) is 16.9. The molecule has 0 aliphatic carbocycles. The number of hydrogen-bond acceptors (Lipinski definition) is 5. The fourth-order valence-corrected chi connectivity index (χ4v) is 4.53. The highest BCUT2D eigenvalue weighted by Crippen LogP contribution is 2.22. The van der Waals surface area contributed by atoms with Crippen LogP contribution in [0.5, 0.6) is 0 Å². The lowest BCUT2D eigenvalue weighted by Gasteiger charge is -2.34. The molecule has 2 saturated heterocycles. The second-order valence-corrected chi connectivity index (χ2v) is 7.70. The van der Waals surface area contributed by atoms with Crippen LogP contribution in [0.3, 0.4) is 0 Å². The van der Waals surface area contributed by atoms with Gasteiger partial charge in [-0.2, -0.15) is 0 Å². The Bertz CT molecular complexity index is 528. The van der Waals surface area contributed by atoms with E-state index in [0.717, 1.165) is 58.8 Å². The van der Waals surface area contributed by atoms with Gasteiger partial charge in [-0.05, 0) is 36.8 Å². The number of amides is 1. The van der Waals surface area contributed by atoms with Crippen molar-refractivity contribution in [3.63, 3.8) is 0 Å². The van der Waals surface area contributed by atoms with Crippen molar-refractivity contribution in [2.45, 2.75) is 32.4 Å². The second-order valence-electron chi connectivity index (χ2n) is 6.70. The Kier molecular flexibility index (Phi) is 5.69. The number of nitrogens with two attached hydrogens (primary N) is 1. The van der Waals surface area contributed by atoms with Crippen molar-refractivity contribution < 1.29 is 9.53 Å². The number of ether oxygens (including phenoxy) is 1. The first-order valence-corrected chi connectivity index (χ1v) is 9.38. The molecule has 6 heteroatoms. The number of primary amides is 1. The van der Waals surface area contributed by atoms with Gasteiger partial charge in [0.1, 0.15) is 0 Å². The molecule has 3 rings (SSSR count). The van der Waals surface area contributed by atoms with Gasteiger partial charge in [0.2, 0.25) is 5.91 Å². The molecule has 0 spiro atoms. The van der Waals surface area contributed by atoms with Gasteiger partial charge in [-0.1, -0.05) is 0 Å². The van der Waals surface area contributed by atoms with Crippen LogP contribution in [0.25, 0.3) is 0 Å². The third-order valence-electron chi connectivity index (χ3n) is 5.08. The monoisotopic (exact) mass is 337 g/mol. The van der Waals surface area contributed by atoms with Crippen molar-refractivity contribution in [2.24, 2.45) is 11.7 Å². The van der Waals surface area contributed by atoms with E-state index in [1.807, 2.05) is 0 Å². The molecule has 0 saturated carbocycles. The Balaban J connectivity index is 1.67. The predicted octanol–water partition coefficient (Wildman–Crippen LogP) is 1.45. The number of thiophene rings is 1. The predicted molar refractivity (Wildman–Crippen MR) is 92.4 cm³/mol. The number of hydrogen-bond donors (Lipinski definition) is 1. The molecule has 1 atom stereocenters. The Hall–Kier alpha value is -0.950. The Morgan fingerprint density at radius 2 is 2.13 bits per heavy atom. The molecule has 2 fully saturated rings. The highest BCUT2D eigenvalue weighted by atomic mass is 32.1. The van der Waals surface area contributed by atoms with Crippen molar-refractivity contribution in [2.75, 3.05) is 39.4 Å². The van der Waals surface area contributed by atoms with Crippen LogP contribution in [-0.4, -0.2) is 61.1 Å². The van der Waals surface area contributed by atoms with Crippen LogP contribution in [0.2, 0.25) is 0 Å². The molecule has 0 unspecified atom stereocenters. The first-order valence-electron chi connectivity index (χ1n) is 8.50. The molecule has 1 amide bonds. The summed E-state index contributed by atoms with van der Waals surface area (Å²) in [5.41, 5.74) is 7.02. The van der Waals surface area contributed by atoms with Gasteiger partial charge in [0.25, 0.3) is 0 Å². The first-order chi connectivity index (χ1) is 11.1. The fraction of sp³-hybridized carbons (Fsp3) is 0.706. The van der Waals surface area contributed by atoms with Gasteiger partial charge in [0, 0.05) is 56.9 Å². The minimum absolute atomic E-state index is 0.0828. The van der Waals surface area contributed by atoms with Crippen LogP contribution in [0, 0.1) is 12.8 Å². The highest BCUT2D eigenvalue weighted by Gasteiger charge is 2.31. The molecule has 1 aromatic rings. The Morgan fingerprint density at radius 1 is 1.35 bits per heavy atom. The van der Waals surface area contributed by atoms with Crippen LogP contribution in [-0.2, 0) is 16.1 Å². The van der Waals surface area contributed by atoms with Crippen molar-refractivity contribution in [3.05, 3.63) is 21.9 Å². The summed E-state index contributed by atoms with van der Waals surface area (Å²) in [6.45, 7) is 8.32. The van der Waals surface area contributed by atoms with Gasteiger partial charge < -0.3 is 10.5 Å². The quantitative estimate of drug-likeness (QED) is 0.903. The molecular formula is C17H27N3O2S. The van der Waals surface area contributed by atoms with E-state index in [1.165, 1.54) is 10.4 Å². The number of carbonyl (C=O) groups excluding carboxylic acids is 1. The maximum absolute atomic E-state index is 11.9. The molecule has 1 aromatic heterocycles. The summed E-state index contributed by atoms with van der Waals surface area (Å²) >= 11 is 1.80. The van der Waals surface area contributed by atoms with Gasteiger partial charge in [-0.15, -0.1) is 11.3 Å². The van der Waals surface area contributed by atoms with Crippen LogP contribution in [0.4, 0.5) is 0 Å². The Labute approximate surface area is 142 Å². The zero-order valence-corrected chi connectivity index (χ0v) is 14.7. The minimum Gasteiger partial charge on any atom is -0.381 e. The lowest BCUT2D eigenvalue weighted by atomic mass is 10.0. The number of aryl methyl sites for hydroxylation is 1. The summed E-state index contributed by atoms with van der Waals surface area (Å²) in [5, 5.41) is 2.14. The van der Waals surface area contributed by atoms with E-state index in [0.29, 0.717) is 6.04 Å². The average Bonchev–Trinajstić information content (AvgIpc) is 2.83. The van der Waals surface area contributed by atoms with Crippen LogP contribution >= 0.6 is 11.3 Å². The molecule has 2 N–H and O–H groups in total. The summed E-state index contributed by atoms with van der Waals surface area (Å²) in [6, 6.07) is 2.70. The maximum Gasteiger partial charge on any atom is 0.223 e. The van der Waals surface area contributed by atoms with Gasteiger partial charge in [-0.3, -0.25) is 14.6 Å². The zero-order chi connectivity index (χ0) is 16.2. The molecular weight excluding hydrogens is 310 g/mol. The topological polar surface area (TPSA) is 58.8 Å². The molecule has 2 aliphatic rings. The lowest BCUT2D eigenvalue weighted by Crippen LogP contribution is -2.44. The molecule has 2 aliphatic heterocycles. The standard InChI is InChI=1S/C17H27N3O2S/c1-13-4-9-23-16(13)12-19-5-6-20(11-14(10-19)17(18)21)15-2-7-22-8-3-15/h4,9,14-15H,2-3,5-8,10-12H2,1H3,(H2,18,21)/t14-/m1/s1. The Morgan fingerprint density at radius 3 is 2.78 bits per heavy atom. The summed E-state index contributed by atoms with van der Waals surface area (Å²) in [7, 11) is 0. The molecule has 0 bridgehead atoms. The average molecular weight is 337 g/mol. The summed E-state index contributed by atoms with van der Waals surface area (Å²) in [4.78, 5) is 18.2. The molecule has 23 heavy (non-hydrogen) atoms. The van der Waals surface area contributed by atoms with E-state index in [4.69, 9.17) is 10.5 Å². The molecule has 3 heterocycles. The fourth-order valence-electron chi connectivity index (χ4n) is 3.58. The van der Waals surface area contributed by atoms with E-state index >= 15 is 0 Å². The van der Waals surface area contributed by atoms with Gasteiger partial charge in [-0.25, -0.2) is 0 Å². The molecule has 5 nitrogen and oxygen atoms in total. The van der Waals surface area contributed by atoms with E-state index in [2.05, 4.69) is 28.2 Å². The second kappa shape index (κ2) is 7.75. The largest absolute Gasteiger partial charge is 0.381 e. The normalized spacial score (nSPS) is 25.3. The summed E-state index contributed by atoms with van der Waals surface area (Å²) < 4.78 is 5.47.